The smallest absolute Gasteiger partial charge is 0.253 e. The van der Waals surface area contributed by atoms with Crippen molar-refractivity contribution in [2.45, 2.75) is 38.6 Å². The number of aliphatic hydroxyl groups excluding tert-OH is 1. The highest BCUT2D eigenvalue weighted by Gasteiger charge is 2.26. The van der Waals surface area contributed by atoms with Crippen molar-refractivity contribution in [2.24, 2.45) is 5.92 Å². The highest BCUT2D eigenvalue weighted by Crippen LogP contribution is 2.35. The van der Waals surface area contributed by atoms with Crippen molar-refractivity contribution in [3.63, 3.8) is 0 Å². The maximum atomic E-state index is 12.0. The first-order valence-corrected chi connectivity index (χ1v) is 10.8. The molecule has 5 rings (SSSR count). The molecule has 1 atom stereocenters. The second-order valence-corrected chi connectivity index (χ2v) is 8.29. The standard InChI is InChI=1S/C22H25N7O3/c1-12-28-29-21(32-12)18-10-24-22(27-19(18)25-16(11-30)8-13-2-3-13)26-15-4-5-17-14(9-15)6-7-23-20(17)31/h4-5,9-10,13,16,30H,2-3,6-8,11H2,1H3,(H,23,31)(H2,24,25,26,27)/t16-/m0/s1. The number of aliphatic hydroxyl groups is 1. The number of anilines is 3. The summed E-state index contributed by atoms with van der Waals surface area (Å²) in [4.78, 5) is 21.0. The van der Waals surface area contributed by atoms with E-state index in [0.717, 1.165) is 24.1 Å². The van der Waals surface area contributed by atoms with Crippen LogP contribution in [0.1, 0.15) is 41.1 Å². The van der Waals surface area contributed by atoms with Crippen LogP contribution in [0.25, 0.3) is 11.5 Å². The van der Waals surface area contributed by atoms with Gasteiger partial charge in [-0.15, -0.1) is 10.2 Å². The molecular weight excluding hydrogens is 410 g/mol. The van der Waals surface area contributed by atoms with Gasteiger partial charge in [0.25, 0.3) is 11.8 Å². The Morgan fingerprint density at radius 1 is 1.28 bits per heavy atom. The van der Waals surface area contributed by atoms with Crippen LogP contribution in [0, 0.1) is 12.8 Å². The van der Waals surface area contributed by atoms with E-state index in [2.05, 4.69) is 36.1 Å². The van der Waals surface area contributed by atoms with Gasteiger partial charge in [0.15, 0.2) is 0 Å². The fraction of sp³-hybridized carbons (Fsp3) is 0.409. The van der Waals surface area contributed by atoms with E-state index < -0.39 is 0 Å². The van der Waals surface area contributed by atoms with Gasteiger partial charge in [-0.05, 0) is 42.5 Å². The van der Waals surface area contributed by atoms with E-state index >= 15 is 0 Å². The predicted octanol–water partition coefficient (Wildman–Crippen LogP) is 2.44. The average molecular weight is 435 g/mol. The molecule has 1 aliphatic heterocycles. The molecule has 3 heterocycles. The lowest BCUT2D eigenvalue weighted by Gasteiger charge is -2.19. The number of nitrogens with zero attached hydrogens (tertiary/aromatic N) is 4. The number of benzene rings is 1. The fourth-order valence-electron chi connectivity index (χ4n) is 3.88. The van der Waals surface area contributed by atoms with Gasteiger partial charge < -0.3 is 25.5 Å². The van der Waals surface area contributed by atoms with Gasteiger partial charge in [0.1, 0.15) is 5.82 Å². The number of hydrogen-bond donors (Lipinski definition) is 4. The summed E-state index contributed by atoms with van der Waals surface area (Å²) < 4.78 is 5.59. The molecule has 0 unspecified atom stereocenters. The first kappa shape index (κ1) is 20.4. The number of rotatable bonds is 8. The number of nitrogens with one attached hydrogen (secondary N) is 3. The number of aryl methyl sites for hydroxylation is 1. The minimum Gasteiger partial charge on any atom is -0.421 e. The van der Waals surface area contributed by atoms with Gasteiger partial charge >= 0.3 is 0 Å². The van der Waals surface area contributed by atoms with Crippen molar-refractivity contribution in [1.82, 2.24) is 25.5 Å². The van der Waals surface area contributed by atoms with Crippen LogP contribution in [0.15, 0.2) is 28.8 Å². The molecule has 1 fully saturated rings. The third-order valence-electron chi connectivity index (χ3n) is 5.71. The van der Waals surface area contributed by atoms with Crippen LogP contribution < -0.4 is 16.0 Å². The topological polar surface area (TPSA) is 138 Å². The lowest BCUT2D eigenvalue weighted by atomic mass is 10.00. The normalized spacial score (nSPS) is 16.2. The van der Waals surface area contributed by atoms with Crippen LogP contribution >= 0.6 is 0 Å². The number of aromatic nitrogens is 4. The summed E-state index contributed by atoms with van der Waals surface area (Å²) in [5, 5.41) is 27.3. The molecule has 32 heavy (non-hydrogen) atoms. The molecular formula is C22H25N7O3. The average Bonchev–Trinajstić information content (AvgIpc) is 3.51. The molecule has 10 heteroatoms. The van der Waals surface area contributed by atoms with Gasteiger partial charge in [-0.3, -0.25) is 4.79 Å². The minimum atomic E-state index is -0.129. The number of carbonyl (C=O) groups is 1. The lowest BCUT2D eigenvalue weighted by molar-refractivity contribution is 0.0946. The number of fused-ring (bicyclic) bond motifs is 1. The second kappa shape index (κ2) is 8.54. The molecule has 1 amide bonds. The number of hydrogen-bond acceptors (Lipinski definition) is 9. The summed E-state index contributed by atoms with van der Waals surface area (Å²) >= 11 is 0. The van der Waals surface area contributed by atoms with Gasteiger partial charge in [0.2, 0.25) is 11.8 Å². The molecule has 0 spiro atoms. The Bertz CT molecular complexity index is 1140. The van der Waals surface area contributed by atoms with Crippen LogP contribution in [-0.4, -0.2) is 50.4 Å². The fourth-order valence-corrected chi connectivity index (χ4v) is 3.88. The van der Waals surface area contributed by atoms with Crippen LogP contribution in [-0.2, 0) is 6.42 Å². The Kier molecular flexibility index (Phi) is 5.44. The summed E-state index contributed by atoms with van der Waals surface area (Å²) in [5.74, 6) is 2.26. The quantitative estimate of drug-likeness (QED) is 0.420. The van der Waals surface area contributed by atoms with Crippen LogP contribution in [0.5, 0.6) is 0 Å². The molecule has 1 aromatic carbocycles. The summed E-state index contributed by atoms with van der Waals surface area (Å²) in [7, 11) is 0. The molecule has 0 bridgehead atoms. The Balaban J connectivity index is 1.43. The number of carbonyl (C=O) groups excluding carboxylic acids is 1. The Labute approximate surface area is 184 Å². The van der Waals surface area contributed by atoms with E-state index in [1.807, 2.05) is 12.1 Å². The minimum absolute atomic E-state index is 0.00154. The SMILES string of the molecule is Cc1nnc(-c2cnc(Nc3ccc4c(c3)CCNC4=O)nc2N[C@H](CO)CC2CC2)o1. The van der Waals surface area contributed by atoms with Crippen LogP contribution in [0.4, 0.5) is 17.5 Å². The van der Waals surface area contributed by atoms with Crippen molar-refractivity contribution < 1.29 is 14.3 Å². The molecule has 0 saturated heterocycles. The third kappa shape index (κ3) is 4.40. The van der Waals surface area contributed by atoms with E-state index in [1.165, 1.54) is 12.8 Å². The first-order chi connectivity index (χ1) is 15.6. The molecule has 2 aromatic heterocycles. The third-order valence-corrected chi connectivity index (χ3v) is 5.71. The van der Waals surface area contributed by atoms with Crippen molar-refractivity contribution in [2.75, 3.05) is 23.8 Å². The molecule has 2 aliphatic rings. The molecule has 166 valence electrons. The zero-order chi connectivity index (χ0) is 22.1. The van der Waals surface area contributed by atoms with Crippen LogP contribution in [0.2, 0.25) is 0 Å². The molecule has 10 nitrogen and oxygen atoms in total. The summed E-state index contributed by atoms with van der Waals surface area (Å²) in [6.07, 6.45) is 5.67. The second-order valence-electron chi connectivity index (χ2n) is 8.29. The predicted molar refractivity (Wildman–Crippen MR) is 118 cm³/mol. The molecule has 1 aliphatic carbocycles. The van der Waals surface area contributed by atoms with E-state index in [-0.39, 0.29) is 18.6 Å². The maximum absolute atomic E-state index is 12.0. The molecule has 0 radical (unpaired) electrons. The van der Waals surface area contributed by atoms with Crippen molar-refractivity contribution in [3.8, 4) is 11.5 Å². The van der Waals surface area contributed by atoms with Gasteiger partial charge in [0, 0.05) is 30.9 Å². The van der Waals surface area contributed by atoms with Crippen molar-refractivity contribution in [1.29, 1.82) is 0 Å². The Hall–Kier alpha value is -3.53. The molecule has 3 aromatic rings. The van der Waals surface area contributed by atoms with Crippen molar-refractivity contribution >= 4 is 23.4 Å². The van der Waals surface area contributed by atoms with Gasteiger partial charge in [-0.1, -0.05) is 12.8 Å². The largest absolute Gasteiger partial charge is 0.421 e. The number of amides is 1. The van der Waals surface area contributed by atoms with Crippen molar-refractivity contribution in [3.05, 3.63) is 41.4 Å². The zero-order valence-electron chi connectivity index (χ0n) is 17.8. The van der Waals surface area contributed by atoms with E-state index in [9.17, 15) is 9.90 Å². The molecule has 4 N–H and O–H groups in total. The molecule has 1 saturated carbocycles. The summed E-state index contributed by atoms with van der Waals surface area (Å²) in [5.41, 5.74) is 3.05. The summed E-state index contributed by atoms with van der Waals surface area (Å²) in [6.45, 7) is 2.35. The highest BCUT2D eigenvalue weighted by atomic mass is 16.4. The van der Waals surface area contributed by atoms with Gasteiger partial charge in [0.05, 0.1) is 18.2 Å². The van der Waals surface area contributed by atoms with E-state index in [1.54, 1.807) is 19.2 Å². The Morgan fingerprint density at radius 3 is 2.91 bits per heavy atom. The van der Waals surface area contributed by atoms with E-state index in [4.69, 9.17) is 4.42 Å². The van der Waals surface area contributed by atoms with Gasteiger partial charge in [-0.2, -0.15) is 4.98 Å². The first-order valence-electron chi connectivity index (χ1n) is 10.8. The van der Waals surface area contributed by atoms with Gasteiger partial charge in [-0.25, -0.2) is 4.98 Å². The monoisotopic (exact) mass is 435 g/mol. The maximum Gasteiger partial charge on any atom is 0.253 e. The lowest BCUT2D eigenvalue weighted by Crippen LogP contribution is -2.31. The summed E-state index contributed by atoms with van der Waals surface area (Å²) in [6, 6.07) is 5.45. The van der Waals surface area contributed by atoms with Crippen LogP contribution in [0.3, 0.4) is 0 Å². The highest BCUT2D eigenvalue weighted by molar-refractivity contribution is 5.97. The zero-order valence-corrected chi connectivity index (χ0v) is 17.8. The van der Waals surface area contributed by atoms with E-state index in [0.29, 0.717) is 47.1 Å². The Morgan fingerprint density at radius 2 is 2.16 bits per heavy atom.